The summed E-state index contributed by atoms with van der Waals surface area (Å²) in [7, 11) is 0. The first-order valence-electron chi connectivity index (χ1n) is 14.8. The molecule has 10 rings (SSSR count). The molecule has 4 heterocycles. The van der Waals surface area contributed by atoms with Gasteiger partial charge in [-0.2, -0.15) is 0 Å². The van der Waals surface area contributed by atoms with Gasteiger partial charge in [0.05, 0.1) is 16.7 Å². The summed E-state index contributed by atoms with van der Waals surface area (Å²) in [5, 5.41) is 6.15. The molecular weight excluding hydrogens is 558 g/mol. The molecule has 0 aliphatic rings. The summed E-state index contributed by atoms with van der Waals surface area (Å²) in [6.45, 7) is 0. The van der Waals surface area contributed by atoms with Crippen LogP contribution in [-0.2, 0) is 0 Å². The third-order valence-corrected chi connectivity index (χ3v) is 8.57. The van der Waals surface area contributed by atoms with Crippen LogP contribution in [0.3, 0.4) is 0 Å². The van der Waals surface area contributed by atoms with E-state index in [4.69, 9.17) is 28.2 Å². The number of fused-ring (bicyclic) bond motifs is 9. The van der Waals surface area contributed by atoms with Gasteiger partial charge in [0, 0.05) is 32.3 Å². The van der Waals surface area contributed by atoms with Gasteiger partial charge in [-0.25, -0.2) is 15.0 Å². The summed E-state index contributed by atoms with van der Waals surface area (Å²) in [5.74, 6) is 1.50. The SMILES string of the molecule is c1ccc2c(c1)oc1c(-c3nc(-c4cccc5c4oc4ccccc45)nc(-c4cccc5c4oc4ccccc45)n3)cccc12. The van der Waals surface area contributed by atoms with Gasteiger partial charge >= 0.3 is 0 Å². The van der Waals surface area contributed by atoms with E-state index in [0.29, 0.717) is 17.5 Å². The fourth-order valence-electron chi connectivity index (χ4n) is 6.51. The van der Waals surface area contributed by atoms with E-state index < -0.39 is 0 Å². The van der Waals surface area contributed by atoms with Crippen LogP contribution in [0, 0.1) is 0 Å². The Morgan fingerprint density at radius 1 is 0.289 bits per heavy atom. The van der Waals surface area contributed by atoms with Crippen LogP contribution < -0.4 is 0 Å². The molecule has 0 saturated heterocycles. The third-order valence-electron chi connectivity index (χ3n) is 8.57. The van der Waals surface area contributed by atoms with Crippen molar-refractivity contribution in [3.8, 4) is 34.2 Å². The summed E-state index contributed by atoms with van der Waals surface area (Å²) in [6.07, 6.45) is 0. The van der Waals surface area contributed by atoms with E-state index in [1.165, 1.54) is 0 Å². The van der Waals surface area contributed by atoms with Crippen molar-refractivity contribution < 1.29 is 13.3 Å². The van der Waals surface area contributed by atoms with Gasteiger partial charge in [0.15, 0.2) is 17.5 Å². The van der Waals surface area contributed by atoms with Crippen LogP contribution in [0.4, 0.5) is 0 Å². The Morgan fingerprint density at radius 2 is 0.578 bits per heavy atom. The first kappa shape index (κ1) is 24.2. The Kier molecular flexibility index (Phi) is 4.90. The second-order valence-electron chi connectivity index (χ2n) is 11.1. The Labute approximate surface area is 255 Å². The second kappa shape index (κ2) is 9.11. The smallest absolute Gasteiger partial charge is 0.167 e. The van der Waals surface area contributed by atoms with Gasteiger partial charge in [0.2, 0.25) is 0 Å². The van der Waals surface area contributed by atoms with Gasteiger partial charge in [0.1, 0.15) is 33.5 Å². The number of benzene rings is 6. The highest BCUT2D eigenvalue weighted by Crippen LogP contribution is 2.40. The molecule has 0 aliphatic heterocycles. The van der Waals surface area contributed by atoms with Gasteiger partial charge in [-0.15, -0.1) is 0 Å². The number of para-hydroxylation sites is 6. The summed E-state index contributed by atoms with van der Waals surface area (Å²) >= 11 is 0. The minimum absolute atomic E-state index is 0.501. The van der Waals surface area contributed by atoms with Gasteiger partial charge < -0.3 is 13.3 Å². The lowest BCUT2D eigenvalue weighted by atomic mass is 10.1. The number of nitrogens with zero attached hydrogens (tertiary/aromatic N) is 3. The van der Waals surface area contributed by atoms with Crippen LogP contribution in [0.5, 0.6) is 0 Å². The molecule has 0 fully saturated rings. The average molecular weight is 580 g/mol. The Morgan fingerprint density at radius 3 is 0.911 bits per heavy atom. The van der Waals surface area contributed by atoms with E-state index in [-0.39, 0.29) is 0 Å². The van der Waals surface area contributed by atoms with Crippen molar-refractivity contribution in [3.05, 3.63) is 127 Å². The lowest BCUT2D eigenvalue weighted by molar-refractivity contribution is 0.669. The number of hydrogen-bond donors (Lipinski definition) is 0. The summed E-state index contributed by atoms with van der Waals surface area (Å²) < 4.78 is 19.2. The van der Waals surface area contributed by atoms with Crippen molar-refractivity contribution in [2.24, 2.45) is 0 Å². The van der Waals surface area contributed by atoms with Crippen molar-refractivity contribution in [1.82, 2.24) is 15.0 Å². The maximum absolute atomic E-state index is 6.41. The van der Waals surface area contributed by atoms with Crippen molar-refractivity contribution in [2.45, 2.75) is 0 Å². The molecular formula is C39H21N3O3. The molecule has 45 heavy (non-hydrogen) atoms. The van der Waals surface area contributed by atoms with Crippen molar-refractivity contribution in [1.29, 1.82) is 0 Å². The fourth-order valence-corrected chi connectivity index (χ4v) is 6.51. The molecule has 0 spiro atoms. The highest BCUT2D eigenvalue weighted by Gasteiger charge is 2.22. The molecule has 210 valence electrons. The molecule has 4 aromatic heterocycles. The molecule has 6 nitrogen and oxygen atoms in total. The third kappa shape index (κ3) is 3.53. The number of hydrogen-bond acceptors (Lipinski definition) is 6. The molecule has 10 aromatic rings. The van der Waals surface area contributed by atoms with Gasteiger partial charge in [-0.3, -0.25) is 0 Å². The topological polar surface area (TPSA) is 78.1 Å². The van der Waals surface area contributed by atoms with Crippen LogP contribution in [0.25, 0.3) is 100.0 Å². The van der Waals surface area contributed by atoms with Crippen LogP contribution in [-0.4, -0.2) is 15.0 Å². The summed E-state index contributed by atoms with van der Waals surface area (Å²) in [6, 6.07) is 42.4. The molecule has 0 radical (unpaired) electrons. The van der Waals surface area contributed by atoms with Crippen molar-refractivity contribution >= 4 is 65.8 Å². The zero-order valence-electron chi connectivity index (χ0n) is 23.7. The van der Waals surface area contributed by atoms with E-state index in [1.54, 1.807) is 0 Å². The van der Waals surface area contributed by atoms with Gasteiger partial charge in [-0.05, 0) is 36.4 Å². The molecule has 0 N–H and O–H groups in total. The quantitative estimate of drug-likeness (QED) is 0.207. The molecule has 0 saturated carbocycles. The van der Waals surface area contributed by atoms with Gasteiger partial charge in [-0.1, -0.05) is 91.0 Å². The van der Waals surface area contributed by atoms with E-state index >= 15 is 0 Å². The molecule has 6 heteroatoms. The van der Waals surface area contributed by atoms with E-state index in [0.717, 1.165) is 82.5 Å². The van der Waals surface area contributed by atoms with E-state index in [9.17, 15) is 0 Å². The maximum Gasteiger partial charge on any atom is 0.167 e. The predicted molar refractivity (Wildman–Crippen MR) is 178 cm³/mol. The van der Waals surface area contributed by atoms with Crippen molar-refractivity contribution in [3.63, 3.8) is 0 Å². The summed E-state index contributed by atoms with van der Waals surface area (Å²) in [4.78, 5) is 15.3. The summed E-state index contributed by atoms with van der Waals surface area (Å²) in [5.41, 5.74) is 6.96. The molecule has 0 bridgehead atoms. The molecule has 0 atom stereocenters. The Hall–Kier alpha value is -6.27. The molecule has 0 amide bonds. The first-order valence-corrected chi connectivity index (χ1v) is 14.8. The lowest BCUT2D eigenvalue weighted by Crippen LogP contribution is -2.00. The standard InChI is InChI=1S/C39H21N3O3/c1-4-19-31-22(10-1)25-13-7-16-28(34(25)43-31)37-40-38(29-17-8-14-26-23-11-2-5-20-32(23)44-35(26)29)42-39(41-37)30-18-9-15-27-24-12-3-6-21-33(24)45-36(27)30/h1-21H. The normalized spacial score (nSPS) is 12.0. The van der Waals surface area contributed by atoms with Crippen LogP contribution in [0.2, 0.25) is 0 Å². The van der Waals surface area contributed by atoms with E-state index in [1.807, 2.05) is 91.0 Å². The predicted octanol–water partition coefficient (Wildman–Crippen LogP) is 10.6. The number of rotatable bonds is 3. The lowest BCUT2D eigenvalue weighted by Gasteiger charge is -2.09. The zero-order valence-corrected chi connectivity index (χ0v) is 23.7. The largest absolute Gasteiger partial charge is 0.455 e. The van der Waals surface area contributed by atoms with Crippen LogP contribution in [0.1, 0.15) is 0 Å². The molecule has 0 aliphatic carbocycles. The zero-order chi connectivity index (χ0) is 29.5. The molecule has 0 unspecified atom stereocenters. The van der Waals surface area contributed by atoms with Gasteiger partial charge in [0.25, 0.3) is 0 Å². The highest BCUT2D eigenvalue weighted by molar-refractivity contribution is 6.11. The van der Waals surface area contributed by atoms with E-state index in [2.05, 4.69) is 36.4 Å². The monoisotopic (exact) mass is 579 g/mol. The Bertz CT molecular complexity index is 2470. The minimum Gasteiger partial charge on any atom is -0.455 e. The van der Waals surface area contributed by atoms with Crippen LogP contribution in [0.15, 0.2) is 141 Å². The average Bonchev–Trinajstić information content (AvgIpc) is 3.79. The first-order chi connectivity index (χ1) is 22.3. The van der Waals surface area contributed by atoms with Crippen molar-refractivity contribution in [2.75, 3.05) is 0 Å². The fraction of sp³-hybridized carbons (Fsp3) is 0. The minimum atomic E-state index is 0.501. The maximum atomic E-state index is 6.41. The number of furan rings is 3. The highest BCUT2D eigenvalue weighted by atomic mass is 16.3. The van der Waals surface area contributed by atoms with Crippen LogP contribution >= 0.6 is 0 Å². The molecule has 6 aromatic carbocycles. The number of aromatic nitrogens is 3. The Balaban J connectivity index is 1.29. The second-order valence-corrected chi connectivity index (χ2v) is 11.1.